The zero-order chi connectivity index (χ0) is 13.9. The number of rotatable bonds is 3. The van der Waals surface area contributed by atoms with Crippen molar-refractivity contribution in [1.82, 2.24) is 10.2 Å². The lowest BCUT2D eigenvalue weighted by Crippen LogP contribution is -2.44. The van der Waals surface area contributed by atoms with Crippen molar-refractivity contribution in [1.29, 1.82) is 0 Å². The van der Waals surface area contributed by atoms with Crippen molar-refractivity contribution in [2.45, 2.75) is 50.7 Å². The van der Waals surface area contributed by atoms with E-state index in [1.807, 2.05) is 0 Å². The molecule has 1 saturated carbocycles. The number of carbonyl (C=O) groups excluding carboxylic acids is 1. The van der Waals surface area contributed by atoms with Crippen LogP contribution in [-0.2, 0) is 4.79 Å². The minimum Gasteiger partial charge on any atom is -0.342 e. The van der Waals surface area contributed by atoms with Crippen LogP contribution in [0, 0.1) is 5.92 Å². The van der Waals surface area contributed by atoms with Crippen molar-refractivity contribution in [3.63, 3.8) is 0 Å². The van der Waals surface area contributed by atoms with Crippen LogP contribution in [0.5, 0.6) is 0 Å². The molecule has 6 heteroatoms. The lowest BCUT2D eigenvalue weighted by atomic mass is 9.85. The Labute approximate surface area is 111 Å². The molecule has 0 aromatic rings. The number of nitrogens with zero attached hydrogens (tertiary/aromatic N) is 1. The van der Waals surface area contributed by atoms with E-state index in [1.54, 1.807) is 4.90 Å². The van der Waals surface area contributed by atoms with Gasteiger partial charge >= 0.3 is 6.18 Å². The molecular formula is C13H21F3N2O. The first-order valence-corrected chi connectivity index (χ1v) is 7.04. The van der Waals surface area contributed by atoms with E-state index in [0.717, 1.165) is 32.4 Å². The van der Waals surface area contributed by atoms with Crippen LogP contribution >= 0.6 is 0 Å². The van der Waals surface area contributed by atoms with E-state index in [2.05, 4.69) is 5.32 Å². The van der Waals surface area contributed by atoms with Gasteiger partial charge in [0.15, 0.2) is 0 Å². The van der Waals surface area contributed by atoms with Crippen molar-refractivity contribution >= 4 is 5.91 Å². The highest BCUT2D eigenvalue weighted by molar-refractivity contribution is 5.78. The van der Waals surface area contributed by atoms with Crippen LogP contribution in [0.15, 0.2) is 0 Å². The molecule has 1 amide bonds. The monoisotopic (exact) mass is 278 g/mol. The van der Waals surface area contributed by atoms with Crippen molar-refractivity contribution in [3.8, 4) is 0 Å². The van der Waals surface area contributed by atoms with Crippen LogP contribution in [0.4, 0.5) is 13.2 Å². The van der Waals surface area contributed by atoms with E-state index in [1.165, 1.54) is 0 Å². The van der Waals surface area contributed by atoms with Gasteiger partial charge in [-0.3, -0.25) is 4.79 Å². The smallest absolute Gasteiger partial charge is 0.342 e. The largest absolute Gasteiger partial charge is 0.391 e. The van der Waals surface area contributed by atoms with Gasteiger partial charge in [0, 0.05) is 19.1 Å². The zero-order valence-corrected chi connectivity index (χ0v) is 11.0. The van der Waals surface area contributed by atoms with Crippen LogP contribution < -0.4 is 5.32 Å². The van der Waals surface area contributed by atoms with Gasteiger partial charge < -0.3 is 10.2 Å². The molecule has 0 aromatic heterocycles. The summed E-state index contributed by atoms with van der Waals surface area (Å²) in [5, 5.41) is 3.01. The molecule has 2 fully saturated rings. The van der Waals surface area contributed by atoms with Crippen molar-refractivity contribution in [3.05, 3.63) is 0 Å². The number of amides is 1. The van der Waals surface area contributed by atoms with Crippen LogP contribution in [0.25, 0.3) is 0 Å². The molecule has 0 spiro atoms. The van der Waals surface area contributed by atoms with E-state index < -0.39 is 12.1 Å². The Morgan fingerprint density at radius 3 is 2.47 bits per heavy atom. The molecule has 2 rings (SSSR count). The number of alkyl halides is 3. The average Bonchev–Trinajstić information content (AvgIpc) is 2.89. The molecular weight excluding hydrogens is 257 g/mol. The maximum absolute atomic E-state index is 12.7. The second-order valence-electron chi connectivity index (χ2n) is 5.57. The molecule has 0 bridgehead atoms. The van der Waals surface area contributed by atoms with Crippen LogP contribution in [-0.4, -0.2) is 42.7 Å². The van der Waals surface area contributed by atoms with E-state index >= 15 is 0 Å². The Morgan fingerprint density at radius 1 is 1.16 bits per heavy atom. The third-order valence-corrected chi connectivity index (χ3v) is 4.14. The third-order valence-electron chi connectivity index (χ3n) is 4.14. The molecule has 1 heterocycles. The Balaban J connectivity index is 1.74. The number of likely N-dealkylation sites (tertiary alicyclic amines) is 1. The maximum atomic E-state index is 12.7. The van der Waals surface area contributed by atoms with E-state index in [-0.39, 0.29) is 31.3 Å². The molecule has 3 nitrogen and oxygen atoms in total. The molecule has 19 heavy (non-hydrogen) atoms. The predicted octanol–water partition coefficient (Wildman–Crippen LogP) is 2.32. The van der Waals surface area contributed by atoms with Gasteiger partial charge in [0.05, 0.1) is 12.5 Å². The number of carbonyl (C=O) groups is 1. The highest BCUT2D eigenvalue weighted by Gasteiger charge is 2.42. The number of nitrogens with one attached hydrogen (secondary N) is 1. The van der Waals surface area contributed by atoms with Crippen LogP contribution in [0.1, 0.15) is 38.5 Å². The Morgan fingerprint density at radius 2 is 1.84 bits per heavy atom. The zero-order valence-electron chi connectivity index (χ0n) is 11.0. The topological polar surface area (TPSA) is 32.3 Å². The first-order chi connectivity index (χ1) is 8.97. The van der Waals surface area contributed by atoms with Crippen LogP contribution in [0.3, 0.4) is 0 Å². The second-order valence-corrected chi connectivity index (χ2v) is 5.57. The van der Waals surface area contributed by atoms with Gasteiger partial charge in [-0.25, -0.2) is 0 Å². The molecule has 2 aliphatic rings. The first kappa shape index (κ1) is 14.6. The molecule has 1 N–H and O–H groups in total. The predicted molar refractivity (Wildman–Crippen MR) is 65.6 cm³/mol. The highest BCUT2D eigenvalue weighted by Crippen LogP contribution is 2.37. The average molecular weight is 278 g/mol. The molecule has 2 unspecified atom stereocenters. The van der Waals surface area contributed by atoms with Crippen molar-refractivity contribution < 1.29 is 18.0 Å². The molecule has 2 atom stereocenters. The standard InChI is InChI=1S/C13H21F3N2O/c14-13(15,16)10-4-3-5-11(8-10)17-9-12(19)18-6-1-2-7-18/h10-11,17H,1-9H2. The quantitative estimate of drug-likeness (QED) is 0.859. The summed E-state index contributed by atoms with van der Waals surface area (Å²) in [6.07, 6.45) is -0.381. The van der Waals surface area contributed by atoms with Crippen molar-refractivity contribution in [2.24, 2.45) is 5.92 Å². The number of hydrogen-bond acceptors (Lipinski definition) is 2. The van der Waals surface area contributed by atoms with E-state index in [9.17, 15) is 18.0 Å². The lowest BCUT2D eigenvalue weighted by molar-refractivity contribution is -0.183. The van der Waals surface area contributed by atoms with Gasteiger partial charge in [-0.2, -0.15) is 13.2 Å². The Kier molecular flexibility index (Phi) is 4.71. The van der Waals surface area contributed by atoms with Crippen LogP contribution in [0.2, 0.25) is 0 Å². The third kappa shape index (κ3) is 4.09. The molecule has 0 aromatic carbocycles. The van der Waals surface area contributed by atoms with Gasteiger partial charge in [-0.1, -0.05) is 6.42 Å². The summed E-state index contributed by atoms with van der Waals surface area (Å²) in [5.74, 6) is -1.19. The highest BCUT2D eigenvalue weighted by atomic mass is 19.4. The summed E-state index contributed by atoms with van der Waals surface area (Å²) in [6.45, 7) is 1.75. The van der Waals surface area contributed by atoms with Gasteiger partial charge in [-0.15, -0.1) is 0 Å². The first-order valence-electron chi connectivity index (χ1n) is 7.04. The van der Waals surface area contributed by atoms with E-state index in [4.69, 9.17) is 0 Å². The molecule has 110 valence electrons. The molecule has 1 aliphatic heterocycles. The SMILES string of the molecule is O=C(CNC1CCCC(C(F)(F)F)C1)N1CCCC1. The fourth-order valence-corrected chi connectivity index (χ4v) is 2.98. The van der Waals surface area contributed by atoms with Gasteiger partial charge in [0.2, 0.25) is 5.91 Å². The summed E-state index contributed by atoms with van der Waals surface area (Å²) in [5.41, 5.74) is 0. The second kappa shape index (κ2) is 6.11. The molecule has 0 radical (unpaired) electrons. The minimum absolute atomic E-state index is 0.0200. The summed E-state index contributed by atoms with van der Waals surface area (Å²) in [6, 6.07) is -0.174. The number of halogens is 3. The maximum Gasteiger partial charge on any atom is 0.391 e. The van der Waals surface area contributed by atoms with Crippen molar-refractivity contribution in [2.75, 3.05) is 19.6 Å². The van der Waals surface area contributed by atoms with Gasteiger partial charge in [0.25, 0.3) is 0 Å². The minimum atomic E-state index is -4.10. The molecule has 1 saturated heterocycles. The van der Waals surface area contributed by atoms with Gasteiger partial charge in [0.1, 0.15) is 0 Å². The fraction of sp³-hybridized carbons (Fsp3) is 0.923. The summed E-state index contributed by atoms with van der Waals surface area (Å²) >= 11 is 0. The Bertz CT molecular complexity index is 314. The summed E-state index contributed by atoms with van der Waals surface area (Å²) in [7, 11) is 0. The number of hydrogen-bond donors (Lipinski definition) is 1. The van der Waals surface area contributed by atoms with E-state index in [0.29, 0.717) is 6.42 Å². The lowest BCUT2D eigenvalue weighted by Gasteiger charge is -2.31. The Hall–Kier alpha value is -0.780. The fourth-order valence-electron chi connectivity index (χ4n) is 2.98. The van der Waals surface area contributed by atoms with Gasteiger partial charge in [-0.05, 0) is 32.1 Å². The molecule has 1 aliphatic carbocycles. The summed E-state index contributed by atoms with van der Waals surface area (Å²) < 4.78 is 38.0. The normalized spacial score (nSPS) is 28.7. The summed E-state index contributed by atoms with van der Waals surface area (Å²) in [4.78, 5) is 13.6.